The molecule has 0 spiro atoms. The number of thiazole rings is 1. The lowest BCUT2D eigenvalue weighted by Crippen LogP contribution is -2.37. The first-order chi connectivity index (χ1) is 17.7. The van der Waals surface area contributed by atoms with Crippen LogP contribution in [0, 0.1) is 5.92 Å². The summed E-state index contributed by atoms with van der Waals surface area (Å²) in [6.45, 7) is 7.66. The quantitative estimate of drug-likeness (QED) is 0.277. The molecule has 194 valence electrons. The van der Waals surface area contributed by atoms with Gasteiger partial charge in [-0.25, -0.2) is 13.4 Å². The third-order valence-electron chi connectivity index (χ3n) is 6.91. The largest absolute Gasteiger partial charge is 0.467 e. The fraction of sp³-hybridized carbons (Fsp3) is 0.357. The molecule has 0 unspecified atom stereocenters. The Morgan fingerprint density at radius 1 is 1.11 bits per heavy atom. The molecule has 0 aliphatic carbocycles. The molecule has 3 heterocycles. The van der Waals surface area contributed by atoms with Gasteiger partial charge in [-0.1, -0.05) is 44.2 Å². The summed E-state index contributed by atoms with van der Waals surface area (Å²) < 4.78 is 34.4. The predicted octanol–water partition coefficient (Wildman–Crippen LogP) is 6.28. The molecule has 0 saturated carbocycles. The van der Waals surface area contributed by atoms with E-state index in [1.54, 1.807) is 33.7 Å². The molecule has 2 aromatic heterocycles. The topological polar surface area (TPSA) is 83.7 Å². The Kier molecular flexibility index (Phi) is 7.20. The van der Waals surface area contributed by atoms with Gasteiger partial charge in [-0.05, 0) is 72.7 Å². The summed E-state index contributed by atoms with van der Waals surface area (Å²) in [5, 5.41) is 0.573. The molecule has 9 heteroatoms. The smallest absolute Gasteiger partial charge is 0.260 e. The maximum absolute atomic E-state index is 13.8. The first kappa shape index (κ1) is 25.6. The molecule has 0 atom stereocenters. The predicted molar refractivity (Wildman–Crippen MR) is 147 cm³/mol. The molecule has 4 aromatic rings. The van der Waals surface area contributed by atoms with Crippen molar-refractivity contribution in [3.8, 4) is 0 Å². The Morgan fingerprint density at radius 2 is 1.84 bits per heavy atom. The third kappa shape index (κ3) is 5.21. The highest BCUT2D eigenvalue weighted by atomic mass is 32.2. The van der Waals surface area contributed by atoms with Gasteiger partial charge in [0.2, 0.25) is 10.0 Å². The molecule has 37 heavy (non-hydrogen) atoms. The SMILES string of the molecule is CC1CCN(S(=O)(=O)c2ccc(C(=O)N(Cc3ccco3)c3nc4c(C(C)C)cccc4s3)cc2)CC1. The number of hydrogen-bond acceptors (Lipinski definition) is 6. The Morgan fingerprint density at radius 3 is 2.49 bits per heavy atom. The summed E-state index contributed by atoms with van der Waals surface area (Å²) in [4.78, 5) is 20.4. The van der Waals surface area contributed by atoms with E-state index in [0.717, 1.165) is 28.6 Å². The zero-order valence-corrected chi connectivity index (χ0v) is 22.9. The van der Waals surface area contributed by atoms with Gasteiger partial charge in [-0.2, -0.15) is 4.31 Å². The van der Waals surface area contributed by atoms with E-state index < -0.39 is 10.0 Å². The second-order valence-corrected chi connectivity index (χ2v) is 12.9. The van der Waals surface area contributed by atoms with E-state index in [4.69, 9.17) is 9.40 Å². The summed E-state index contributed by atoms with van der Waals surface area (Å²) >= 11 is 1.46. The average Bonchev–Trinajstić information content (AvgIpc) is 3.56. The second kappa shape index (κ2) is 10.4. The van der Waals surface area contributed by atoms with E-state index in [9.17, 15) is 13.2 Å². The minimum atomic E-state index is -3.59. The number of benzene rings is 2. The van der Waals surface area contributed by atoms with Crippen LogP contribution >= 0.6 is 11.3 Å². The van der Waals surface area contributed by atoms with Crippen LogP contribution in [0.15, 0.2) is 70.2 Å². The monoisotopic (exact) mass is 537 g/mol. The number of piperidine rings is 1. The van der Waals surface area contributed by atoms with Crippen LogP contribution in [0.3, 0.4) is 0 Å². The molecule has 1 amide bonds. The molecule has 0 bridgehead atoms. The van der Waals surface area contributed by atoms with E-state index in [-0.39, 0.29) is 17.3 Å². The van der Waals surface area contributed by atoms with Crippen LogP contribution in [0.1, 0.15) is 61.2 Å². The van der Waals surface area contributed by atoms with Crippen LogP contribution in [0.5, 0.6) is 0 Å². The van der Waals surface area contributed by atoms with Crippen molar-refractivity contribution < 1.29 is 17.6 Å². The second-order valence-electron chi connectivity index (χ2n) is 9.93. The Balaban J connectivity index is 1.46. The lowest BCUT2D eigenvalue weighted by molar-refractivity contribution is 0.0983. The number of furan rings is 1. The van der Waals surface area contributed by atoms with Crippen LogP contribution in [0.2, 0.25) is 0 Å². The van der Waals surface area contributed by atoms with E-state index in [2.05, 4.69) is 26.8 Å². The fourth-order valence-electron chi connectivity index (χ4n) is 4.62. The molecule has 1 aliphatic heterocycles. The van der Waals surface area contributed by atoms with Gasteiger partial charge in [0.15, 0.2) is 5.13 Å². The van der Waals surface area contributed by atoms with Crippen molar-refractivity contribution in [1.29, 1.82) is 0 Å². The zero-order chi connectivity index (χ0) is 26.2. The van der Waals surface area contributed by atoms with E-state index in [1.165, 1.54) is 23.5 Å². The van der Waals surface area contributed by atoms with Crippen molar-refractivity contribution in [3.05, 3.63) is 77.7 Å². The Hall–Kier alpha value is -3.01. The summed E-state index contributed by atoms with van der Waals surface area (Å²) in [5.41, 5.74) is 2.42. The van der Waals surface area contributed by atoms with Gasteiger partial charge in [-0.3, -0.25) is 9.69 Å². The molecule has 7 nitrogen and oxygen atoms in total. The molecule has 5 rings (SSSR count). The number of aromatic nitrogens is 1. The van der Waals surface area contributed by atoms with Crippen LogP contribution in [-0.2, 0) is 16.6 Å². The fourth-order valence-corrected chi connectivity index (χ4v) is 7.09. The number of anilines is 1. The highest BCUT2D eigenvalue weighted by Crippen LogP contribution is 2.35. The summed E-state index contributed by atoms with van der Waals surface area (Å²) in [6.07, 6.45) is 3.30. The van der Waals surface area contributed by atoms with Crippen molar-refractivity contribution in [2.24, 2.45) is 5.92 Å². The standard InChI is InChI=1S/C28H31N3O4S2/c1-19(2)24-7-4-8-25-26(24)29-28(36-25)31(18-22-6-5-17-35-22)27(32)21-9-11-23(12-10-21)37(33,34)30-15-13-20(3)14-16-30/h4-12,17,19-20H,13-16,18H2,1-3H3. The number of nitrogens with zero attached hydrogens (tertiary/aromatic N) is 3. The minimum Gasteiger partial charge on any atom is -0.467 e. The van der Waals surface area contributed by atoms with Crippen LogP contribution in [0.4, 0.5) is 5.13 Å². The van der Waals surface area contributed by atoms with Gasteiger partial charge in [-0.15, -0.1) is 0 Å². The molecule has 1 aliphatic rings. The number of carbonyl (C=O) groups excluding carboxylic acids is 1. The maximum atomic E-state index is 13.8. The summed E-state index contributed by atoms with van der Waals surface area (Å²) in [6, 6.07) is 15.9. The highest BCUT2D eigenvalue weighted by molar-refractivity contribution is 7.89. The molecule has 2 aromatic carbocycles. The average molecular weight is 538 g/mol. The van der Waals surface area contributed by atoms with Crippen LogP contribution in [-0.4, -0.2) is 36.7 Å². The van der Waals surface area contributed by atoms with E-state index in [1.807, 2.05) is 18.2 Å². The first-order valence-corrected chi connectivity index (χ1v) is 14.8. The molecule has 0 radical (unpaired) electrons. The number of fused-ring (bicyclic) bond motifs is 1. The van der Waals surface area contributed by atoms with Crippen molar-refractivity contribution >= 4 is 42.6 Å². The number of carbonyl (C=O) groups is 1. The van der Waals surface area contributed by atoms with Crippen LogP contribution < -0.4 is 4.90 Å². The number of amides is 1. The summed E-state index contributed by atoms with van der Waals surface area (Å²) in [5.74, 6) is 1.20. The van der Waals surface area contributed by atoms with Gasteiger partial charge in [0.1, 0.15) is 5.76 Å². The molecule has 1 fully saturated rings. The lowest BCUT2D eigenvalue weighted by Gasteiger charge is -2.29. The van der Waals surface area contributed by atoms with E-state index in [0.29, 0.717) is 41.4 Å². The van der Waals surface area contributed by atoms with Gasteiger partial charge < -0.3 is 4.42 Å². The number of para-hydroxylation sites is 1. The molecular formula is C28H31N3O4S2. The van der Waals surface area contributed by atoms with E-state index >= 15 is 0 Å². The minimum absolute atomic E-state index is 0.206. The van der Waals surface area contributed by atoms with Gasteiger partial charge >= 0.3 is 0 Å². The van der Waals surface area contributed by atoms with Crippen LogP contribution in [0.25, 0.3) is 10.2 Å². The number of rotatable bonds is 7. The van der Waals surface area contributed by atoms with Crippen molar-refractivity contribution in [2.75, 3.05) is 18.0 Å². The van der Waals surface area contributed by atoms with Crippen molar-refractivity contribution in [2.45, 2.75) is 51.0 Å². The first-order valence-electron chi connectivity index (χ1n) is 12.6. The highest BCUT2D eigenvalue weighted by Gasteiger charge is 2.29. The van der Waals surface area contributed by atoms with Gasteiger partial charge in [0, 0.05) is 18.7 Å². The normalized spacial score (nSPS) is 15.5. The molecule has 1 saturated heterocycles. The lowest BCUT2D eigenvalue weighted by atomic mass is 10.0. The van der Waals surface area contributed by atoms with Gasteiger partial charge in [0.25, 0.3) is 5.91 Å². The van der Waals surface area contributed by atoms with Crippen molar-refractivity contribution in [3.63, 3.8) is 0 Å². The molecule has 0 N–H and O–H groups in total. The number of hydrogen-bond donors (Lipinski definition) is 0. The maximum Gasteiger partial charge on any atom is 0.260 e. The van der Waals surface area contributed by atoms with Gasteiger partial charge in [0.05, 0.1) is 27.9 Å². The molecular weight excluding hydrogens is 506 g/mol. The third-order valence-corrected chi connectivity index (χ3v) is 9.87. The number of sulfonamides is 1. The Labute approximate surface area is 221 Å². The summed E-state index contributed by atoms with van der Waals surface area (Å²) in [7, 11) is -3.59. The van der Waals surface area contributed by atoms with Crippen molar-refractivity contribution in [1.82, 2.24) is 9.29 Å². The Bertz CT molecular complexity index is 1480. The zero-order valence-electron chi connectivity index (χ0n) is 21.3.